The van der Waals surface area contributed by atoms with E-state index in [2.05, 4.69) is 5.32 Å². The first-order valence-corrected chi connectivity index (χ1v) is 8.33. The van der Waals surface area contributed by atoms with Gasteiger partial charge in [0.2, 0.25) is 11.8 Å². The topological polar surface area (TPSA) is 71.1 Å². The van der Waals surface area contributed by atoms with E-state index in [4.69, 9.17) is 9.47 Å². The summed E-state index contributed by atoms with van der Waals surface area (Å²) < 4.78 is 10.6. The van der Waals surface area contributed by atoms with Crippen molar-refractivity contribution < 1.29 is 19.1 Å². The second-order valence-corrected chi connectivity index (χ2v) is 6.50. The van der Waals surface area contributed by atoms with Crippen LogP contribution in [0.15, 0.2) is 18.2 Å². The maximum atomic E-state index is 12.4. The molecule has 1 fully saturated rings. The number of nitrogens with zero attached hydrogens (tertiary/aromatic N) is 2. The quantitative estimate of drug-likeness (QED) is 0.799. The average Bonchev–Trinajstić information content (AvgIpc) is 3.00. The van der Waals surface area contributed by atoms with Gasteiger partial charge in [0.05, 0.1) is 25.8 Å². The molecular formula is C18H27N3O4. The number of benzene rings is 1. The van der Waals surface area contributed by atoms with Gasteiger partial charge < -0.3 is 24.6 Å². The third-order valence-electron chi connectivity index (χ3n) is 4.63. The van der Waals surface area contributed by atoms with Gasteiger partial charge in [-0.3, -0.25) is 9.59 Å². The van der Waals surface area contributed by atoms with E-state index in [9.17, 15) is 9.59 Å². The van der Waals surface area contributed by atoms with Crippen LogP contribution in [0.2, 0.25) is 0 Å². The number of nitrogens with one attached hydrogen (secondary N) is 1. The van der Waals surface area contributed by atoms with Gasteiger partial charge in [0.25, 0.3) is 0 Å². The summed E-state index contributed by atoms with van der Waals surface area (Å²) in [5, 5.41) is 2.93. The minimum atomic E-state index is -0.363. The monoisotopic (exact) mass is 349 g/mol. The van der Waals surface area contributed by atoms with Crippen LogP contribution in [0.1, 0.15) is 13.3 Å². The summed E-state index contributed by atoms with van der Waals surface area (Å²) in [5.41, 5.74) is 0.629. The highest BCUT2D eigenvalue weighted by Crippen LogP contribution is 2.36. The van der Waals surface area contributed by atoms with Crippen LogP contribution in [0.3, 0.4) is 0 Å². The summed E-state index contributed by atoms with van der Waals surface area (Å²) in [6.07, 6.45) is 0.197. The van der Waals surface area contributed by atoms with Crippen molar-refractivity contribution in [2.45, 2.75) is 19.4 Å². The number of hydrogen-bond donors (Lipinski definition) is 1. The predicted octanol–water partition coefficient (Wildman–Crippen LogP) is 1.12. The number of carbonyl (C=O) groups excluding carboxylic acids is 2. The van der Waals surface area contributed by atoms with Crippen molar-refractivity contribution in [1.82, 2.24) is 10.2 Å². The molecule has 7 heteroatoms. The molecular weight excluding hydrogens is 322 g/mol. The number of ether oxygens (including phenoxy) is 2. The van der Waals surface area contributed by atoms with Gasteiger partial charge in [0, 0.05) is 31.6 Å². The number of rotatable bonds is 7. The number of amides is 2. The molecule has 1 aliphatic rings. The molecule has 138 valence electrons. The summed E-state index contributed by atoms with van der Waals surface area (Å²) in [6, 6.07) is 5.52. The van der Waals surface area contributed by atoms with Crippen LogP contribution >= 0.6 is 0 Å². The lowest BCUT2D eigenvalue weighted by atomic mass is 10.1. The standard InChI is InChI=1S/C18H27N3O4/c1-12(20(2)3)10-19-18(23)13-8-17(22)21(11-13)15-9-14(24-4)6-7-16(15)25-5/h6-7,9,12-13H,8,10-11H2,1-5H3,(H,19,23)/t12-,13-/m0/s1. The molecule has 0 aromatic heterocycles. The van der Waals surface area contributed by atoms with E-state index in [1.54, 1.807) is 37.3 Å². The van der Waals surface area contributed by atoms with Crippen molar-refractivity contribution in [2.24, 2.45) is 5.92 Å². The van der Waals surface area contributed by atoms with E-state index < -0.39 is 0 Å². The summed E-state index contributed by atoms with van der Waals surface area (Å²) in [7, 11) is 7.05. The second kappa shape index (κ2) is 8.20. The number of anilines is 1. The Bertz CT molecular complexity index is 633. The smallest absolute Gasteiger partial charge is 0.227 e. The Morgan fingerprint density at radius 1 is 1.36 bits per heavy atom. The number of hydrogen-bond acceptors (Lipinski definition) is 5. The fourth-order valence-electron chi connectivity index (χ4n) is 2.70. The molecule has 7 nitrogen and oxygen atoms in total. The Hall–Kier alpha value is -2.28. The lowest BCUT2D eigenvalue weighted by Crippen LogP contribution is -2.41. The molecule has 25 heavy (non-hydrogen) atoms. The Balaban J connectivity index is 2.08. The van der Waals surface area contributed by atoms with Gasteiger partial charge in [0.1, 0.15) is 11.5 Å². The van der Waals surface area contributed by atoms with Gasteiger partial charge in [-0.2, -0.15) is 0 Å². The normalized spacial score (nSPS) is 18.4. The summed E-state index contributed by atoms with van der Waals surface area (Å²) >= 11 is 0. The lowest BCUT2D eigenvalue weighted by molar-refractivity contribution is -0.126. The third-order valence-corrected chi connectivity index (χ3v) is 4.63. The van der Waals surface area contributed by atoms with Crippen molar-refractivity contribution >= 4 is 17.5 Å². The Kier molecular flexibility index (Phi) is 6.25. The molecule has 1 aliphatic heterocycles. The molecule has 0 aliphatic carbocycles. The minimum absolute atomic E-state index is 0.0904. The molecule has 2 rings (SSSR count). The van der Waals surface area contributed by atoms with Gasteiger partial charge in [0.15, 0.2) is 0 Å². The molecule has 0 saturated carbocycles. The molecule has 1 N–H and O–H groups in total. The van der Waals surface area contributed by atoms with Crippen LogP contribution < -0.4 is 19.7 Å². The van der Waals surface area contributed by atoms with Gasteiger partial charge >= 0.3 is 0 Å². The van der Waals surface area contributed by atoms with Crippen molar-refractivity contribution in [3.05, 3.63) is 18.2 Å². The molecule has 1 saturated heterocycles. The van der Waals surface area contributed by atoms with Crippen LogP contribution in [0.4, 0.5) is 5.69 Å². The van der Waals surface area contributed by atoms with E-state index in [-0.39, 0.29) is 30.2 Å². The third kappa shape index (κ3) is 4.42. The van der Waals surface area contributed by atoms with Crippen molar-refractivity contribution in [3.63, 3.8) is 0 Å². The largest absolute Gasteiger partial charge is 0.497 e. The fraction of sp³-hybridized carbons (Fsp3) is 0.556. The highest BCUT2D eigenvalue weighted by Gasteiger charge is 2.36. The highest BCUT2D eigenvalue weighted by atomic mass is 16.5. The van der Waals surface area contributed by atoms with Crippen molar-refractivity contribution in [3.8, 4) is 11.5 Å². The van der Waals surface area contributed by atoms with Crippen molar-refractivity contribution in [2.75, 3.05) is 46.3 Å². The molecule has 0 spiro atoms. The minimum Gasteiger partial charge on any atom is -0.497 e. The van der Waals surface area contributed by atoms with Gasteiger partial charge in [-0.25, -0.2) is 0 Å². The Morgan fingerprint density at radius 2 is 2.08 bits per heavy atom. The fourth-order valence-corrected chi connectivity index (χ4v) is 2.70. The molecule has 0 bridgehead atoms. The number of likely N-dealkylation sites (N-methyl/N-ethyl adjacent to an activating group) is 1. The maximum absolute atomic E-state index is 12.4. The zero-order valence-electron chi connectivity index (χ0n) is 15.5. The lowest BCUT2D eigenvalue weighted by Gasteiger charge is -2.22. The van der Waals surface area contributed by atoms with E-state index in [0.717, 1.165) is 0 Å². The SMILES string of the molecule is COc1ccc(OC)c(N2C[C@@H](C(=O)NC[C@H](C)N(C)C)CC2=O)c1. The van der Waals surface area contributed by atoms with E-state index >= 15 is 0 Å². The van der Waals surface area contributed by atoms with Crippen LogP contribution in [-0.4, -0.2) is 64.2 Å². The highest BCUT2D eigenvalue weighted by molar-refractivity contribution is 6.01. The summed E-state index contributed by atoms with van der Waals surface area (Å²) in [5.74, 6) is 0.671. The first-order valence-electron chi connectivity index (χ1n) is 8.33. The first kappa shape index (κ1) is 19.1. The number of methoxy groups -OCH3 is 2. The average molecular weight is 349 g/mol. The maximum Gasteiger partial charge on any atom is 0.227 e. The van der Waals surface area contributed by atoms with Crippen LogP contribution in [0.5, 0.6) is 11.5 Å². The molecule has 0 unspecified atom stereocenters. The van der Waals surface area contributed by atoms with Crippen molar-refractivity contribution in [1.29, 1.82) is 0 Å². The summed E-state index contributed by atoms with van der Waals surface area (Å²) in [6.45, 7) is 2.93. The molecule has 0 radical (unpaired) electrons. The van der Waals surface area contributed by atoms with E-state index in [1.165, 1.54) is 0 Å². The van der Waals surface area contributed by atoms with Crippen LogP contribution in [0, 0.1) is 5.92 Å². The molecule has 1 heterocycles. The number of carbonyl (C=O) groups is 2. The molecule has 2 atom stereocenters. The van der Waals surface area contributed by atoms with Gasteiger partial charge in [-0.1, -0.05) is 0 Å². The first-order chi connectivity index (χ1) is 11.9. The second-order valence-electron chi connectivity index (χ2n) is 6.50. The Labute approximate surface area is 148 Å². The predicted molar refractivity (Wildman–Crippen MR) is 96.2 cm³/mol. The van der Waals surface area contributed by atoms with Gasteiger partial charge in [-0.15, -0.1) is 0 Å². The molecule has 1 aromatic rings. The zero-order valence-corrected chi connectivity index (χ0v) is 15.5. The zero-order chi connectivity index (χ0) is 18.6. The van der Waals surface area contributed by atoms with Gasteiger partial charge in [-0.05, 0) is 33.2 Å². The summed E-state index contributed by atoms with van der Waals surface area (Å²) in [4.78, 5) is 28.5. The van der Waals surface area contributed by atoms with Crippen LogP contribution in [0.25, 0.3) is 0 Å². The molecule has 1 aromatic carbocycles. The van der Waals surface area contributed by atoms with E-state index in [0.29, 0.717) is 30.3 Å². The van der Waals surface area contributed by atoms with E-state index in [1.807, 2.05) is 25.9 Å². The Morgan fingerprint density at radius 3 is 2.68 bits per heavy atom. The molecule has 2 amide bonds. The van der Waals surface area contributed by atoms with Crippen LogP contribution in [-0.2, 0) is 9.59 Å².